The number of Topliss-reactive ketones (excluding diaryl/α,β-unsaturated/α-hetero) is 1. The average Bonchev–Trinajstić information content (AvgIpc) is 3.34. The number of carbonyl (C=O) groups excluding carboxylic acids is 5. The minimum Gasteiger partial charge on any atom is -0.456 e. The first kappa shape index (κ1) is 57.0. The second-order valence-corrected chi connectivity index (χ2v) is 31.7. The summed E-state index contributed by atoms with van der Waals surface area (Å²) in [7, 11) is -5.53. The van der Waals surface area contributed by atoms with Crippen molar-refractivity contribution in [3.05, 3.63) is 82.9 Å². The van der Waals surface area contributed by atoms with Crippen molar-refractivity contribution < 1.29 is 66.7 Å². The first-order valence-electron chi connectivity index (χ1n) is 26.1. The van der Waals surface area contributed by atoms with Crippen LogP contribution in [0.25, 0.3) is 0 Å². The Hall–Kier alpha value is -4.24. The van der Waals surface area contributed by atoms with Gasteiger partial charge in [0, 0.05) is 25.2 Å². The van der Waals surface area contributed by atoms with E-state index in [-0.39, 0.29) is 18.6 Å². The summed E-state index contributed by atoms with van der Waals surface area (Å²) in [5.74, 6) is -4.36. The monoisotopic (exact) mass is 1040 g/mol. The smallest absolute Gasteiger partial charge is 0.408 e. The number of hydrogen-bond acceptors (Lipinski definition) is 14. The third-order valence-electron chi connectivity index (χ3n) is 17.1. The number of carbonyl (C=O) groups is 5. The quantitative estimate of drug-likeness (QED) is 0.0552. The number of esters is 3. The molecule has 15 nitrogen and oxygen atoms in total. The third-order valence-corrected chi connectivity index (χ3v) is 26.4. The van der Waals surface area contributed by atoms with Gasteiger partial charge in [0.25, 0.3) is 0 Å². The van der Waals surface area contributed by atoms with Crippen LogP contribution in [0.5, 0.6) is 0 Å². The van der Waals surface area contributed by atoms with Gasteiger partial charge in [-0.05, 0) is 99.7 Å². The summed E-state index contributed by atoms with van der Waals surface area (Å²) in [5, 5.41) is 29.8. The van der Waals surface area contributed by atoms with Crippen molar-refractivity contribution in [3.8, 4) is 0 Å². The number of hydrogen-bond donors (Lipinski definition) is 3. The maximum Gasteiger partial charge on any atom is 0.408 e. The minimum atomic E-state index is -2.80. The molecular weight excluding hydrogens is 955 g/mol. The Balaban J connectivity index is 1.64. The highest BCUT2D eigenvalue weighted by Crippen LogP contribution is 2.65. The van der Waals surface area contributed by atoms with Gasteiger partial charge < -0.3 is 48.1 Å². The molecule has 2 bridgehead atoms. The van der Waals surface area contributed by atoms with E-state index < -0.39 is 129 Å². The van der Waals surface area contributed by atoms with Crippen molar-refractivity contribution in [1.82, 2.24) is 5.32 Å². The number of aliphatic hydroxyl groups is 2. The van der Waals surface area contributed by atoms with Crippen LogP contribution in [0.3, 0.4) is 0 Å². The van der Waals surface area contributed by atoms with Gasteiger partial charge in [-0.2, -0.15) is 0 Å². The molecular formula is C55H81NO14Si2. The normalized spacial score (nSPS) is 30.0. The Morgan fingerprint density at radius 3 is 1.90 bits per heavy atom. The summed E-state index contributed by atoms with van der Waals surface area (Å²) in [6.07, 6.45) is -9.53. The zero-order valence-electron chi connectivity index (χ0n) is 45.0. The fraction of sp³-hybridized carbons (Fsp3) is 0.655. The lowest BCUT2D eigenvalue weighted by molar-refractivity contribution is -0.345. The van der Waals surface area contributed by atoms with Gasteiger partial charge in [-0.3, -0.25) is 9.59 Å². The fourth-order valence-electron chi connectivity index (χ4n) is 12.3. The van der Waals surface area contributed by atoms with Crippen molar-refractivity contribution in [2.75, 3.05) is 6.61 Å². The number of rotatable bonds is 18. The van der Waals surface area contributed by atoms with Crippen LogP contribution in [-0.4, -0.2) is 117 Å². The van der Waals surface area contributed by atoms with E-state index in [1.807, 2.05) is 47.6 Å². The Labute approximate surface area is 428 Å². The number of alkyl carbamates (subject to hydrolysis) is 1. The molecule has 0 spiro atoms. The van der Waals surface area contributed by atoms with Crippen molar-refractivity contribution in [3.63, 3.8) is 0 Å². The van der Waals surface area contributed by atoms with Crippen molar-refractivity contribution in [2.24, 2.45) is 16.7 Å². The largest absolute Gasteiger partial charge is 0.456 e. The zero-order chi connectivity index (χ0) is 53.4. The standard InChI is InChI=1S/C55H81NO14Si2/c1-15-71(16-2,17-3)69-43-41-34(7)38(65-49(61)44(70-72(18-4,19-5)20-6)42(36-27-23-21-24-28-36)56-50(62)68-51(9,10)11)32-55(63,52(41,12)13)47(66-48(60)37-29-25-22-26-30-37)45-53(14,46(43)59)39(58)31-40-54(45,33-64-40)67-35(8)57/h21-30,38-40,42-45,47,58,63H,15-20,31-33H2,1-14H3,(H,56,62)/t38-,39-,40+,42-,43+,44+,45?,47-,53+,54-,55+/m0/s1. The highest BCUT2D eigenvalue weighted by Gasteiger charge is 2.78. The topological polar surface area (TPSA) is 202 Å². The number of nitrogens with one attached hydrogen (secondary N) is 1. The molecule has 0 aromatic heterocycles. The van der Waals surface area contributed by atoms with E-state index in [4.69, 9.17) is 32.5 Å². The van der Waals surface area contributed by atoms with E-state index in [2.05, 4.69) is 5.32 Å². The van der Waals surface area contributed by atoms with Crippen LogP contribution < -0.4 is 5.32 Å². The van der Waals surface area contributed by atoms with Gasteiger partial charge >= 0.3 is 24.0 Å². The van der Waals surface area contributed by atoms with Crippen LogP contribution in [0.4, 0.5) is 4.79 Å². The molecule has 3 aliphatic carbocycles. The number of benzene rings is 2. The Bertz CT molecular complexity index is 2310. The summed E-state index contributed by atoms with van der Waals surface area (Å²) < 4.78 is 46.1. The molecule has 2 aromatic rings. The van der Waals surface area contributed by atoms with E-state index in [1.54, 1.807) is 103 Å². The average molecular weight is 1040 g/mol. The third kappa shape index (κ3) is 10.3. The summed E-state index contributed by atoms with van der Waals surface area (Å²) in [5.41, 5.74) is -6.75. The molecule has 1 aliphatic heterocycles. The molecule has 398 valence electrons. The molecule has 1 unspecified atom stereocenters. The van der Waals surface area contributed by atoms with Gasteiger partial charge in [0.15, 0.2) is 34.1 Å². The summed E-state index contributed by atoms with van der Waals surface area (Å²) in [6, 6.07) is 19.9. The van der Waals surface area contributed by atoms with Gasteiger partial charge in [-0.1, -0.05) is 104 Å². The van der Waals surface area contributed by atoms with Gasteiger partial charge in [0.2, 0.25) is 0 Å². The van der Waals surface area contributed by atoms with Crippen molar-refractivity contribution >= 4 is 46.4 Å². The second-order valence-electron chi connectivity index (χ2n) is 22.3. The van der Waals surface area contributed by atoms with Gasteiger partial charge in [-0.15, -0.1) is 0 Å². The van der Waals surface area contributed by atoms with E-state index in [9.17, 15) is 24.6 Å². The SMILES string of the molecule is CC[Si](CC)(CC)O[C@H]1C(=O)[C@@]2(C)C([C@H](OC(=O)c3ccccc3)[C@]3(O)C[C@H](OC(=O)[C@H](O[Si](CC)(CC)CC)[C@@H](NC(=O)OC(C)(C)C)c4ccccc4)C(C)=C1C3(C)C)[C@]1(OC(C)=O)CO[C@@H]1C[C@@H]2O. The lowest BCUT2D eigenvalue weighted by Gasteiger charge is -2.67. The maximum absolute atomic E-state index is 16.4. The van der Waals surface area contributed by atoms with E-state index >= 15 is 9.59 Å². The molecule has 1 saturated heterocycles. The lowest BCUT2D eigenvalue weighted by Crippen LogP contribution is -2.82. The van der Waals surface area contributed by atoms with Gasteiger partial charge in [-0.25, -0.2) is 14.4 Å². The fourth-order valence-corrected chi connectivity index (χ4v) is 17.8. The van der Waals surface area contributed by atoms with E-state index in [0.717, 1.165) is 0 Å². The molecule has 17 heteroatoms. The summed E-state index contributed by atoms with van der Waals surface area (Å²) in [4.78, 5) is 73.9. The first-order chi connectivity index (χ1) is 33.7. The molecule has 2 aromatic carbocycles. The van der Waals surface area contributed by atoms with E-state index in [0.29, 0.717) is 53.0 Å². The highest BCUT2D eigenvalue weighted by atomic mass is 28.4. The van der Waals surface area contributed by atoms with Crippen LogP contribution in [0.15, 0.2) is 71.8 Å². The lowest BCUT2D eigenvalue weighted by atomic mass is 9.44. The minimum absolute atomic E-state index is 0.102. The number of amides is 1. The molecule has 3 fully saturated rings. The first-order valence-corrected chi connectivity index (χ1v) is 31.1. The van der Waals surface area contributed by atoms with Crippen LogP contribution >= 0.6 is 0 Å². The molecule has 1 heterocycles. The molecule has 72 heavy (non-hydrogen) atoms. The number of fused-ring (bicyclic) bond motifs is 5. The van der Waals surface area contributed by atoms with Crippen molar-refractivity contribution in [1.29, 1.82) is 0 Å². The molecule has 3 N–H and O–H groups in total. The van der Waals surface area contributed by atoms with Crippen LogP contribution in [0.2, 0.25) is 36.3 Å². The van der Waals surface area contributed by atoms with Crippen LogP contribution in [0, 0.1) is 16.7 Å². The van der Waals surface area contributed by atoms with E-state index in [1.165, 1.54) is 6.92 Å². The molecule has 6 rings (SSSR count). The van der Waals surface area contributed by atoms with Crippen LogP contribution in [0.1, 0.15) is 132 Å². The molecule has 4 aliphatic rings. The Morgan fingerprint density at radius 1 is 0.847 bits per heavy atom. The second kappa shape index (κ2) is 21.5. The number of ether oxygens (including phenoxy) is 5. The zero-order valence-corrected chi connectivity index (χ0v) is 47.0. The molecule has 0 radical (unpaired) electrons. The highest BCUT2D eigenvalue weighted by molar-refractivity contribution is 6.74. The molecule has 1 amide bonds. The predicted octanol–water partition coefficient (Wildman–Crippen LogP) is 9.32. The summed E-state index contributed by atoms with van der Waals surface area (Å²) >= 11 is 0. The maximum atomic E-state index is 16.4. The Morgan fingerprint density at radius 2 is 1.40 bits per heavy atom. The summed E-state index contributed by atoms with van der Waals surface area (Å²) in [6.45, 7) is 25.3. The number of ketones is 1. The van der Waals surface area contributed by atoms with Gasteiger partial charge in [0.05, 0.1) is 35.6 Å². The van der Waals surface area contributed by atoms with Crippen molar-refractivity contribution in [2.45, 2.75) is 206 Å². The molecule has 2 saturated carbocycles. The van der Waals surface area contributed by atoms with Crippen LogP contribution in [-0.2, 0) is 46.9 Å². The molecule has 11 atom stereocenters. The number of aliphatic hydroxyl groups excluding tert-OH is 1. The Kier molecular flexibility index (Phi) is 17.1. The van der Waals surface area contributed by atoms with Gasteiger partial charge in [0.1, 0.15) is 35.6 Å². The predicted molar refractivity (Wildman–Crippen MR) is 276 cm³/mol.